The van der Waals surface area contributed by atoms with Crippen molar-refractivity contribution in [3.8, 4) is 11.3 Å². The quantitative estimate of drug-likeness (QED) is 0.906. The van der Waals surface area contributed by atoms with Gasteiger partial charge >= 0.3 is 0 Å². The van der Waals surface area contributed by atoms with Crippen molar-refractivity contribution in [2.45, 2.75) is 39.2 Å². The summed E-state index contributed by atoms with van der Waals surface area (Å²) < 4.78 is 6.79. The lowest BCUT2D eigenvalue weighted by Gasteiger charge is -2.43. The molecule has 0 bridgehead atoms. The maximum atomic E-state index is 12.8. The van der Waals surface area contributed by atoms with E-state index in [4.69, 9.17) is 4.42 Å². The van der Waals surface area contributed by atoms with Crippen molar-refractivity contribution in [3.05, 3.63) is 30.4 Å². The first-order valence-electron chi connectivity index (χ1n) is 8.96. The number of nitrogens with one attached hydrogen (secondary N) is 1. The lowest BCUT2D eigenvalue weighted by molar-refractivity contribution is 0.0657. The van der Waals surface area contributed by atoms with Crippen LogP contribution in [-0.2, 0) is 7.05 Å². The summed E-state index contributed by atoms with van der Waals surface area (Å²) in [6.07, 6.45) is 7.48. The summed E-state index contributed by atoms with van der Waals surface area (Å²) in [5.74, 6) is 0.622. The van der Waals surface area contributed by atoms with Crippen LogP contribution in [0.1, 0.15) is 44.0 Å². The molecule has 1 aliphatic rings. The average molecular weight is 344 g/mol. The average Bonchev–Trinajstić information content (AvgIpc) is 3.22. The molecule has 136 valence electrons. The molecule has 1 atom stereocenters. The minimum Gasteiger partial charge on any atom is -0.472 e. The lowest BCUT2D eigenvalue weighted by Crippen LogP contribution is -2.54. The largest absolute Gasteiger partial charge is 0.472 e. The highest BCUT2D eigenvalue weighted by atomic mass is 16.3. The lowest BCUT2D eigenvalue weighted by atomic mass is 9.93. The van der Waals surface area contributed by atoms with Crippen molar-refractivity contribution in [1.29, 1.82) is 0 Å². The van der Waals surface area contributed by atoms with Crippen LogP contribution in [0.2, 0.25) is 0 Å². The highest BCUT2D eigenvalue weighted by Gasteiger charge is 2.31. The van der Waals surface area contributed by atoms with Crippen molar-refractivity contribution in [2.75, 3.05) is 19.6 Å². The van der Waals surface area contributed by atoms with Crippen LogP contribution < -0.4 is 5.32 Å². The van der Waals surface area contributed by atoms with Gasteiger partial charge in [-0.1, -0.05) is 6.92 Å². The number of likely N-dealkylation sites (tertiary alicyclic amines) is 1. The highest BCUT2D eigenvalue weighted by molar-refractivity contribution is 5.99. The van der Waals surface area contributed by atoms with Gasteiger partial charge in [0.2, 0.25) is 0 Å². The first-order valence-corrected chi connectivity index (χ1v) is 8.96. The zero-order valence-electron chi connectivity index (χ0n) is 15.6. The first-order chi connectivity index (χ1) is 11.9. The van der Waals surface area contributed by atoms with Crippen LogP contribution >= 0.6 is 0 Å². The summed E-state index contributed by atoms with van der Waals surface area (Å²) in [5.41, 5.74) is 1.97. The fraction of sp³-hybridized carbons (Fsp3) is 0.579. The minimum absolute atomic E-state index is 0.0671. The molecule has 0 aliphatic carbocycles. The van der Waals surface area contributed by atoms with Gasteiger partial charge in [-0.2, -0.15) is 5.10 Å². The van der Waals surface area contributed by atoms with Gasteiger partial charge in [0.25, 0.3) is 5.91 Å². The SMILES string of the molecule is CC1CCCN(C(C)(C)CNC(=O)c2cn(C)nc2-c2ccoc2)C1. The number of nitrogens with zero attached hydrogens (tertiary/aromatic N) is 3. The predicted octanol–water partition coefficient (Wildman–Crippen LogP) is 2.92. The molecule has 1 N–H and O–H groups in total. The second kappa shape index (κ2) is 7.04. The van der Waals surface area contributed by atoms with Crippen LogP contribution in [-0.4, -0.2) is 45.8 Å². The fourth-order valence-corrected chi connectivity index (χ4v) is 3.51. The number of aromatic nitrogens is 2. The van der Waals surface area contributed by atoms with E-state index >= 15 is 0 Å². The van der Waals surface area contributed by atoms with Gasteiger partial charge < -0.3 is 9.73 Å². The normalized spacial score (nSPS) is 19.1. The van der Waals surface area contributed by atoms with Gasteiger partial charge in [-0.3, -0.25) is 14.4 Å². The molecule has 0 aromatic carbocycles. The molecular formula is C19H28N4O2. The maximum absolute atomic E-state index is 12.8. The molecule has 1 saturated heterocycles. The number of hydrogen-bond acceptors (Lipinski definition) is 4. The second-order valence-electron chi connectivity index (χ2n) is 7.77. The Bertz CT molecular complexity index is 718. The number of furan rings is 1. The summed E-state index contributed by atoms with van der Waals surface area (Å²) in [6.45, 7) is 9.50. The van der Waals surface area contributed by atoms with Crippen LogP contribution in [0.5, 0.6) is 0 Å². The summed E-state index contributed by atoms with van der Waals surface area (Å²) in [4.78, 5) is 15.2. The number of piperidine rings is 1. The molecule has 0 saturated carbocycles. The van der Waals surface area contributed by atoms with Crippen molar-refractivity contribution in [2.24, 2.45) is 13.0 Å². The molecular weight excluding hydrogens is 316 g/mol. The second-order valence-corrected chi connectivity index (χ2v) is 7.77. The Kier molecular flexibility index (Phi) is 4.99. The Morgan fingerprint density at radius 3 is 2.96 bits per heavy atom. The number of carbonyl (C=O) groups excluding carboxylic acids is 1. The van der Waals surface area contributed by atoms with Gasteiger partial charge in [0.15, 0.2) is 0 Å². The Balaban J connectivity index is 1.69. The number of rotatable bonds is 5. The number of amides is 1. The molecule has 2 aromatic rings. The highest BCUT2D eigenvalue weighted by Crippen LogP contribution is 2.25. The van der Waals surface area contributed by atoms with Crippen LogP contribution in [0.25, 0.3) is 11.3 Å². The van der Waals surface area contributed by atoms with Crippen molar-refractivity contribution in [3.63, 3.8) is 0 Å². The van der Waals surface area contributed by atoms with Crippen molar-refractivity contribution >= 4 is 5.91 Å². The molecule has 2 aromatic heterocycles. The van der Waals surface area contributed by atoms with Gasteiger partial charge in [0, 0.05) is 37.4 Å². The molecule has 1 amide bonds. The monoisotopic (exact) mass is 344 g/mol. The van der Waals surface area contributed by atoms with Gasteiger partial charge in [0.1, 0.15) is 5.69 Å². The molecule has 1 aliphatic heterocycles. The Hall–Kier alpha value is -2.08. The minimum atomic E-state index is -0.0950. The molecule has 25 heavy (non-hydrogen) atoms. The molecule has 0 radical (unpaired) electrons. The van der Waals surface area contributed by atoms with E-state index in [1.54, 1.807) is 23.4 Å². The van der Waals surface area contributed by atoms with E-state index in [2.05, 4.69) is 36.1 Å². The van der Waals surface area contributed by atoms with Crippen LogP contribution in [0.15, 0.2) is 29.2 Å². The van der Waals surface area contributed by atoms with Crippen molar-refractivity contribution in [1.82, 2.24) is 20.0 Å². The summed E-state index contributed by atoms with van der Waals surface area (Å²) >= 11 is 0. The Morgan fingerprint density at radius 2 is 2.28 bits per heavy atom. The van der Waals surface area contributed by atoms with Crippen molar-refractivity contribution < 1.29 is 9.21 Å². The Labute approximate surface area is 149 Å². The van der Waals surface area contributed by atoms with E-state index in [1.807, 2.05) is 13.1 Å². The van der Waals surface area contributed by atoms with Crippen LogP contribution in [0.4, 0.5) is 0 Å². The molecule has 0 spiro atoms. The third-order valence-electron chi connectivity index (χ3n) is 5.06. The third-order valence-corrected chi connectivity index (χ3v) is 5.06. The summed E-state index contributed by atoms with van der Waals surface area (Å²) in [5, 5.41) is 7.51. The predicted molar refractivity (Wildman–Crippen MR) is 97.3 cm³/mol. The summed E-state index contributed by atoms with van der Waals surface area (Å²) in [7, 11) is 1.82. The van der Waals surface area contributed by atoms with Gasteiger partial charge in [-0.25, -0.2) is 0 Å². The van der Waals surface area contributed by atoms with E-state index in [9.17, 15) is 4.79 Å². The van der Waals surface area contributed by atoms with E-state index in [-0.39, 0.29) is 11.4 Å². The van der Waals surface area contributed by atoms with Gasteiger partial charge in [0.05, 0.1) is 18.1 Å². The standard InChI is InChI=1S/C19H28N4O2/c1-14-6-5-8-23(10-14)19(2,3)13-20-18(24)16-11-22(4)21-17(16)15-7-9-25-12-15/h7,9,11-12,14H,5-6,8,10,13H2,1-4H3,(H,20,24). The third kappa shape index (κ3) is 3.95. The molecule has 6 heteroatoms. The van der Waals surface area contributed by atoms with Gasteiger partial charge in [-0.05, 0) is 45.2 Å². The smallest absolute Gasteiger partial charge is 0.255 e. The maximum Gasteiger partial charge on any atom is 0.255 e. The van der Waals surface area contributed by atoms with E-state index < -0.39 is 0 Å². The molecule has 3 heterocycles. The number of carbonyl (C=O) groups is 1. The molecule has 1 unspecified atom stereocenters. The molecule has 6 nitrogen and oxygen atoms in total. The first kappa shape index (κ1) is 17.7. The van der Waals surface area contributed by atoms with E-state index in [0.29, 0.717) is 17.8 Å². The van der Waals surface area contributed by atoms with E-state index in [1.165, 1.54) is 12.8 Å². The Morgan fingerprint density at radius 1 is 1.48 bits per heavy atom. The van der Waals surface area contributed by atoms with Crippen LogP contribution in [0, 0.1) is 5.92 Å². The molecule has 1 fully saturated rings. The van der Waals surface area contributed by atoms with Gasteiger partial charge in [-0.15, -0.1) is 0 Å². The topological polar surface area (TPSA) is 63.3 Å². The van der Waals surface area contributed by atoms with E-state index in [0.717, 1.165) is 24.6 Å². The number of aryl methyl sites for hydroxylation is 1. The zero-order valence-corrected chi connectivity index (χ0v) is 15.6. The van der Waals surface area contributed by atoms with Crippen LogP contribution in [0.3, 0.4) is 0 Å². The number of hydrogen-bond donors (Lipinski definition) is 1. The summed E-state index contributed by atoms with van der Waals surface area (Å²) in [6, 6.07) is 1.82. The molecule has 3 rings (SSSR count). The zero-order chi connectivity index (χ0) is 18.0. The fourth-order valence-electron chi connectivity index (χ4n) is 3.51.